The van der Waals surface area contributed by atoms with Crippen LogP contribution in [0.4, 0.5) is 40.9 Å². The molecule has 1 aliphatic heterocycles. The maximum Gasteiger partial charge on any atom is 0.426 e. The first-order chi connectivity index (χ1) is 18.5. The molecule has 4 rings (SSSR count). The SMILES string of the molecule is CCC(O)(C(=O)N1C[C@H](F)[C@H](NC(=O)c2cc(F)cc(-c3cc(C(F)(F)F)c4c(N)ncnn34)c2)C1)C(F)(F)F. The summed E-state index contributed by atoms with van der Waals surface area (Å²) in [7, 11) is 0. The lowest BCUT2D eigenvalue weighted by molar-refractivity contribution is -0.256. The second kappa shape index (κ2) is 9.87. The Morgan fingerprint density at radius 1 is 1.12 bits per heavy atom. The van der Waals surface area contributed by atoms with E-state index >= 15 is 0 Å². The molecule has 2 aromatic heterocycles. The van der Waals surface area contributed by atoms with E-state index in [0.29, 0.717) is 17.0 Å². The van der Waals surface area contributed by atoms with Crippen LogP contribution in [0.1, 0.15) is 29.3 Å². The molecule has 3 heterocycles. The molecular formula is C23H20F8N6O3. The molecule has 40 heavy (non-hydrogen) atoms. The Hall–Kier alpha value is -4.02. The summed E-state index contributed by atoms with van der Waals surface area (Å²) < 4.78 is 111. The van der Waals surface area contributed by atoms with Gasteiger partial charge in [-0.15, -0.1) is 0 Å². The summed E-state index contributed by atoms with van der Waals surface area (Å²) in [5.74, 6) is -4.50. The maximum absolute atomic E-state index is 14.6. The Balaban J connectivity index is 1.62. The van der Waals surface area contributed by atoms with Crippen molar-refractivity contribution in [3.8, 4) is 11.3 Å². The first-order valence-electron chi connectivity index (χ1n) is 11.5. The van der Waals surface area contributed by atoms with Crippen molar-refractivity contribution in [3.63, 3.8) is 0 Å². The molecule has 0 bridgehead atoms. The van der Waals surface area contributed by atoms with E-state index in [9.17, 15) is 49.8 Å². The van der Waals surface area contributed by atoms with Gasteiger partial charge in [-0.05, 0) is 30.7 Å². The predicted molar refractivity (Wildman–Crippen MR) is 122 cm³/mol. The molecule has 3 aromatic rings. The lowest BCUT2D eigenvalue weighted by atomic mass is 9.98. The largest absolute Gasteiger partial charge is 0.426 e. The number of likely N-dealkylation sites (tertiary alicyclic amines) is 1. The van der Waals surface area contributed by atoms with Gasteiger partial charge in [0.2, 0.25) is 5.60 Å². The summed E-state index contributed by atoms with van der Waals surface area (Å²) >= 11 is 0. The van der Waals surface area contributed by atoms with Crippen molar-refractivity contribution < 1.29 is 49.8 Å². The number of fused-ring (bicyclic) bond motifs is 1. The number of nitrogens with zero attached hydrogens (tertiary/aromatic N) is 4. The van der Waals surface area contributed by atoms with E-state index in [1.807, 2.05) is 0 Å². The summed E-state index contributed by atoms with van der Waals surface area (Å²) in [5.41, 5.74) is -1.02. The normalized spacial score (nSPS) is 19.6. The van der Waals surface area contributed by atoms with E-state index in [0.717, 1.165) is 29.9 Å². The van der Waals surface area contributed by atoms with Gasteiger partial charge in [0.1, 0.15) is 23.8 Å². The zero-order chi connectivity index (χ0) is 29.8. The van der Waals surface area contributed by atoms with Crippen LogP contribution in [0.3, 0.4) is 0 Å². The van der Waals surface area contributed by atoms with Crippen molar-refractivity contribution in [1.29, 1.82) is 0 Å². The van der Waals surface area contributed by atoms with Crippen LogP contribution in [-0.4, -0.2) is 73.5 Å². The van der Waals surface area contributed by atoms with Crippen LogP contribution >= 0.6 is 0 Å². The van der Waals surface area contributed by atoms with E-state index in [4.69, 9.17) is 5.73 Å². The summed E-state index contributed by atoms with van der Waals surface area (Å²) in [5, 5.41) is 15.8. The van der Waals surface area contributed by atoms with Crippen molar-refractivity contribution in [1.82, 2.24) is 24.8 Å². The number of hydrogen-bond donors (Lipinski definition) is 3. The Labute approximate surface area is 219 Å². The highest BCUT2D eigenvalue weighted by molar-refractivity contribution is 5.96. The first-order valence-corrected chi connectivity index (χ1v) is 11.5. The average Bonchev–Trinajstić information content (AvgIpc) is 3.43. The molecule has 1 aliphatic rings. The predicted octanol–water partition coefficient (Wildman–Crippen LogP) is 3.12. The number of nitrogens with one attached hydrogen (secondary N) is 1. The molecule has 1 saturated heterocycles. The molecule has 216 valence electrons. The van der Waals surface area contributed by atoms with Crippen molar-refractivity contribution >= 4 is 23.1 Å². The number of rotatable bonds is 5. The molecule has 1 aromatic carbocycles. The Kier molecular flexibility index (Phi) is 7.15. The number of carbonyl (C=O) groups is 2. The number of aliphatic hydroxyl groups is 1. The summed E-state index contributed by atoms with van der Waals surface area (Å²) in [6, 6.07) is 1.60. The molecular weight excluding hydrogens is 560 g/mol. The summed E-state index contributed by atoms with van der Waals surface area (Å²) in [6.07, 6.45) is -12.4. The smallest absolute Gasteiger partial charge is 0.382 e. The second-order valence-electron chi connectivity index (χ2n) is 9.09. The van der Waals surface area contributed by atoms with Gasteiger partial charge in [-0.25, -0.2) is 18.3 Å². The fourth-order valence-electron chi connectivity index (χ4n) is 4.41. The highest BCUT2D eigenvalue weighted by Gasteiger charge is 2.60. The average molecular weight is 580 g/mol. The number of aromatic nitrogens is 3. The zero-order valence-corrected chi connectivity index (χ0v) is 20.3. The van der Waals surface area contributed by atoms with Crippen LogP contribution < -0.4 is 11.1 Å². The van der Waals surface area contributed by atoms with Gasteiger partial charge in [-0.1, -0.05) is 6.92 Å². The third-order valence-electron chi connectivity index (χ3n) is 6.53. The molecule has 0 radical (unpaired) electrons. The number of amides is 2. The summed E-state index contributed by atoms with van der Waals surface area (Å²) in [6.45, 7) is -0.684. The van der Waals surface area contributed by atoms with E-state index in [2.05, 4.69) is 15.4 Å². The van der Waals surface area contributed by atoms with E-state index in [-0.39, 0.29) is 11.3 Å². The number of carbonyl (C=O) groups excluding carboxylic acids is 2. The maximum atomic E-state index is 14.6. The summed E-state index contributed by atoms with van der Waals surface area (Å²) in [4.78, 5) is 29.2. The lowest BCUT2D eigenvalue weighted by Gasteiger charge is -2.31. The highest BCUT2D eigenvalue weighted by Crippen LogP contribution is 2.39. The van der Waals surface area contributed by atoms with Crippen LogP contribution in [0, 0.1) is 5.82 Å². The van der Waals surface area contributed by atoms with E-state index in [1.54, 1.807) is 0 Å². The van der Waals surface area contributed by atoms with Gasteiger partial charge in [-0.2, -0.15) is 31.4 Å². The Morgan fingerprint density at radius 3 is 2.40 bits per heavy atom. The molecule has 3 atom stereocenters. The van der Waals surface area contributed by atoms with Crippen LogP contribution in [0.2, 0.25) is 0 Å². The monoisotopic (exact) mass is 580 g/mol. The van der Waals surface area contributed by atoms with Gasteiger partial charge >= 0.3 is 12.4 Å². The fourth-order valence-corrected chi connectivity index (χ4v) is 4.41. The molecule has 9 nitrogen and oxygen atoms in total. The number of anilines is 1. The highest BCUT2D eigenvalue weighted by atomic mass is 19.4. The fraction of sp³-hybridized carbons (Fsp3) is 0.391. The molecule has 0 saturated carbocycles. The van der Waals surface area contributed by atoms with Crippen molar-refractivity contribution in [2.24, 2.45) is 0 Å². The van der Waals surface area contributed by atoms with E-state index < -0.39 is 89.8 Å². The molecule has 4 N–H and O–H groups in total. The number of benzene rings is 1. The van der Waals surface area contributed by atoms with Crippen molar-refractivity contribution in [2.45, 2.75) is 43.5 Å². The minimum atomic E-state index is -5.34. The van der Waals surface area contributed by atoms with Crippen LogP contribution in [0.25, 0.3) is 16.8 Å². The first kappa shape index (κ1) is 29.0. The number of nitrogens with two attached hydrogens (primary N) is 1. The van der Waals surface area contributed by atoms with Gasteiger partial charge in [0.05, 0.1) is 23.8 Å². The topological polar surface area (TPSA) is 126 Å². The van der Waals surface area contributed by atoms with Gasteiger partial charge < -0.3 is 21.1 Å². The Bertz CT molecular complexity index is 1470. The minimum Gasteiger partial charge on any atom is -0.382 e. The van der Waals surface area contributed by atoms with Gasteiger partial charge in [0.25, 0.3) is 11.8 Å². The number of alkyl halides is 7. The molecule has 1 fully saturated rings. The second-order valence-corrected chi connectivity index (χ2v) is 9.09. The quantitative estimate of drug-likeness (QED) is 0.399. The standard InChI is InChI=1S/C23H20F8N6O3/c1-2-21(40,23(29,30)31)20(39)36-7-14(25)15(8-36)35-19(38)11-3-10(4-12(24)5-11)16-6-13(22(26,27)28)17-18(32)33-9-34-37(16)17/h3-6,9,14-15,40H,2,7-8H2,1H3,(H,35,38)(H2,32,33,34)/t14-,15+,21?/m0/s1. The van der Waals surface area contributed by atoms with Gasteiger partial charge in [0, 0.05) is 17.7 Å². The molecule has 1 unspecified atom stereocenters. The number of nitrogen functional groups attached to an aromatic ring is 1. The third-order valence-corrected chi connectivity index (χ3v) is 6.53. The zero-order valence-electron chi connectivity index (χ0n) is 20.3. The van der Waals surface area contributed by atoms with Crippen molar-refractivity contribution in [2.75, 3.05) is 18.8 Å². The third kappa shape index (κ3) is 5.00. The van der Waals surface area contributed by atoms with Crippen LogP contribution in [-0.2, 0) is 11.0 Å². The minimum absolute atomic E-state index is 0.244. The molecule has 0 spiro atoms. The lowest BCUT2D eigenvalue weighted by Crippen LogP contribution is -2.57. The molecule has 2 amide bonds. The Morgan fingerprint density at radius 2 is 1.80 bits per heavy atom. The van der Waals surface area contributed by atoms with Crippen LogP contribution in [0.15, 0.2) is 30.6 Å². The van der Waals surface area contributed by atoms with Crippen LogP contribution in [0.5, 0.6) is 0 Å². The number of halogens is 8. The van der Waals surface area contributed by atoms with Gasteiger partial charge in [-0.3, -0.25) is 9.59 Å². The van der Waals surface area contributed by atoms with E-state index in [1.165, 1.54) is 0 Å². The van der Waals surface area contributed by atoms with Crippen molar-refractivity contribution in [3.05, 3.63) is 47.5 Å². The number of hydrogen-bond acceptors (Lipinski definition) is 6. The van der Waals surface area contributed by atoms with Gasteiger partial charge in [0.15, 0.2) is 5.82 Å². The molecule has 0 aliphatic carbocycles. The molecule has 17 heteroatoms.